The lowest BCUT2D eigenvalue weighted by Crippen LogP contribution is -2.40. The van der Waals surface area contributed by atoms with Gasteiger partial charge in [0.05, 0.1) is 11.4 Å². The third kappa shape index (κ3) is 3.88. The minimum atomic E-state index is 0.124. The van der Waals surface area contributed by atoms with Gasteiger partial charge in [0.1, 0.15) is 9.93 Å². The van der Waals surface area contributed by atoms with Crippen LogP contribution in [0.2, 0.25) is 0 Å². The number of nitrogens with zero attached hydrogens (tertiary/aromatic N) is 3. The van der Waals surface area contributed by atoms with E-state index in [1.165, 1.54) is 35.4 Å². The van der Waals surface area contributed by atoms with Crippen LogP contribution in [0.5, 0.6) is 0 Å². The molecule has 2 aromatic carbocycles. The van der Waals surface area contributed by atoms with Gasteiger partial charge in [-0.25, -0.2) is 4.99 Å². The molecular weight excluding hydrogens is 434 g/mol. The van der Waals surface area contributed by atoms with E-state index in [9.17, 15) is 4.79 Å². The van der Waals surface area contributed by atoms with E-state index in [0.29, 0.717) is 0 Å². The molecule has 0 spiro atoms. The summed E-state index contributed by atoms with van der Waals surface area (Å²) in [5, 5.41) is 1.89. The number of para-hydroxylation sites is 1. The topological polar surface area (TPSA) is 35.9 Å². The fourth-order valence-electron chi connectivity index (χ4n) is 4.81. The Labute approximate surface area is 199 Å². The highest BCUT2D eigenvalue weighted by Crippen LogP contribution is 2.51. The first kappa shape index (κ1) is 21.7. The van der Waals surface area contributed by atoms with Crippen molar-refractivity contribution in [1.82, 2.24) is 4.90 Å². The van der Waals surface area contributed by atoms with Gasteiger partial charge in [0.2, 0.25) is 0 Å². The van der Waals surface area contributed by atoms with E-state index in [0.717, 1.165) is 45.7 Å². The molecule has 166 valence electrons. The highest BCUT2D eigenvalue weighted by molar-refractivity contribution is 8.19. The Morgan fingerprint density at radius 1 is 1.03 bits per heavy atom. The zero-order valence-electron chi connectivity index (χ0n) is 18.9. The van der Waals surface area contributed by atoms with Gasteiger partial charge in [0.15, 0.2) is 5.17 Å². The predicted octanol–water partition coefficient (Wildman–Crippen LogP) is 7.00. The molecule has 1 saturated carbocycles. The SMILES string of the molecule is CCN1C(=C2SC(=Nc3ccc(C)cc3C)N(C3CCCCC3)C2=O)Sc2ccccc21. The van der Waals surface area contributed by atoms with E-state index in [1.54, 1.807) is 23.5 Å². The summed E-state index contributed by atoms with van der Waals surface area (Å²) < 4.78 is 0. The number of benzene rings is 2. The van der Waals surface area contributed by atoms with Gasteiger partial charge in [0.25, 0.3) is 5.91 Å². The number of amidine groups is 1. The first-order valence-electron chi connectivity index (χ1n) is 11.5. The summed E-state index contributed by atoms with van der Waals surface area (Å²) >= 11 is 3.27. The smallest absolute Gasteiger partial charge is 0.269 e. The maximum Gasteiger partial charge on any atom is 0.269 e. The number of hydrogen-bond donors (Lipinski definition) is 0. The molecule has 0 unspecified atom stereocenters. The quantitative estimate of drug-likeness (QED) is 0.459. The summed E-state index contributed by atoms with van der Waals surface area (Å²) in [5.74, 6) is 0.124. The summed E-state index contributed by atoms with van der Waals surface area (Å²) in [4.78, 5) is 25.3. The van der Waals surface area contributed by atoms with Gasteiger partial charge in [-0.3, -0.25) is 9.69 Å². The van der Waals surface area contributed by atoms with Crippen molar-refractivity contribution in [3.63, 3.8) is 0 Å². The van der Waals surface area contributed by atoms with Crippen LogP contribution in [0, 0.1) is 13.8 Å². The van der Waals surface area contributed by atoms with Crippen LogP contribution in [0.1, 0.15) is 50.2 Å². The average molecular weight is 464 g/mol. The maximum atomic E-state index is 13.9. The lowest BCUT2D eigenvalue weighted by atomic mass is 9.94. The Bertz CT molecular complexity index is 1120. The van der Waals surface area contributed by atoms with Crippen LogP contribution in [-0.2, 0) is 4.79 Å². The van der Waals surface area contributed by atoms with Crippen molar-refractivity contribution >= 4 is 46.0 Å². The van der Waals surface area contributed by atoms with Crippen molar-refractivity contribution in [1.29, 1.82) is 0 Å². The number of carbonyl (C=O) groups is 1. The number of amides is 1. The Hall–Kier alpha value is -2.18. The van der Waals surface area contributed by atoms with Gasteiger partial charge in [-0.05, 0) is 69.1 Å². The molecule has 3 aliphatic rings. The van der Waals surface area contributed by atoms with Gasteiger partial charge in [0, 0.05) is 17.5 Å². The number of carbonyl (C=O) groups excluding carboxylic acids is 1. The monoisotopic (exact) mass is 463 g/mol. The van der Waals surface area contributed by atoms with Gasteiger partial charge in [-0.2, -0.15) is 0 Å². The van der Waals surface area contributed by atoms with Crippen LogP contribution >= 0.6 is 23.5 Å². The molecule has 0 N–H and O–H groups in total. The molecule has 5 rings (SSSR count). The van der Waals surface area contributed by atoms with Crippen molar-refractivity contribution in [2.24, 2.45) is 4.99 Å². The second-order valence-electron chi connectivity index (χ2n) is 8.70. The van der Waals surface area contributed by atoms with E-state index < -0.39 is 0 Å². The predicted molar refractivity (Wildman–Crippen MR) is 137 cm³/mol. The van der Waals surface area contributed by atoms with E-state index in [-0.39, 0.29) is 11.9 Å². The number of aryl methyl sites for hydroxylation is 2. The van der Waals surface area contributed by atoms with Crippen molar-refractivity contribution < 1.29 is 4.79 Å². The minimum Gasteiger partial charge on any atom is -0.334 e. The molecule has 1 amide bonds. The summed E-state index contributed by atoms with van der Waals surface area (Å²) in [6, 6.07) is 15.0. The number of anilines is 1. The number of hydrogen-bond acceptors (Lipinski definition) is 5. The average Bonchev–Trinajstić information content (AvgIpc) is 3.33. The lowest BCUT2D eigenvalue weighted by Gasteiger charge is -2.30. The molecule has 0 aromatic heterocycles. The highest BCUT2D eigenvalue weighted by Gasteiger charge is 2.42. The normalized spacial score (nSPS) is 22.8. The summed E-state index contributed by atoms with van der Waals surface area (Å²) in [5.41, 5.74) is 4.52. The van der Waals surface area contributed by atoms with Crippen LogP contribution in [0.3, 0.4) is 0 Å². The van der Waals surface area contributed by atoms with Gasteiger partial charge in [-0.1, -0.05) is 60.9 Å². The fourth-order valence-corrected chi connectivity index (χ4v) is 7.25. The molecule has 6 heteroatoms. The number of aliphatic imine (C=N–C) groups is 1. The Kier molecular flexibility index (Phi) is 6.08. The molecular formula is C26H29N3OS2. The molecule has 0 atom stereocenters. The third-order valence-corrected chi connectivity index (χ3v) is 8.79. The van der Waals surface area contributed by atoms with Crippen molar-refractivity contribution in [2.75, 3.05) is 11.4 Å². The summed E-state index contributed by atoms with van der Waals surface area (Å²) in [6.07, 6.45) is 5.75. The Morgan fingerprint density at radius 3 is 2.56 bits per heavy atom. The van der Waals surface area contributed by atoms with Gasteiger partial charge >= 0.3 is 0 Å². The van der Waals surface area contributed by atoms with Gasteiger partial charge in [-0.15, -0.1) is 0 Å². The van der Waals surface area contributed by atoms with E-state index in [4.69, 9.17) is 4.99 Å². The first-order valence-corrected chi connectivity index (χ1v) is 13.2. The minimum absolute atomic E-state index is 0.124. The second-order valence-corrected chi connectivity index (χ2v) is 10.7. The summed E-state index contributed by atoms with van der Waals surface area (Å²) in [6.45, 7) is 7.18. The van der Waals surface area contributed by atoms with Crippen LogP contribution in [0.25, 0.3) is 0 Å². The number of rotatable bonds is 3. The molecule has 4 nitrogen and oxygen atoms in total. The first-order chi connectivity index (χ1) is 15.6. The van der Waals surface area contributed by atoms with Crippen LogP contribution < -0.4 is 4.90 Å². The second kappa shape index (κ2) is 8.99. The third-order valence-electron chi connectivity index (χ3n) is 6.44. The molecule has 0 bridgehead atoms. The molecule has 1 aliphatic carbocycles. The Balaban J connectivity index is 1.58. The van der Waals surface area contributed by atoms with E-state index >= 15 is 0 Å². The zero-order valence-corrected chi connectivity index (χ0v) is 20.6. The standard InChI is InChI=1S/C26H29N3OS2/c1-4-28-21-12-8-9-13-22(21)31-25(28)23-24(30)29(19-10-6-5-7-11-19)26(32-23)27-20-15-14-17(2)16-18(20)3/h8-9,12-16,19H,4-7,10-11H2,1-3H3. The van der Waals surface area contributed by atoms with E-state index in [2.05, 4.69) is 68.1 Å². The van der Waals surface area contributed by atoms with Crippen molar-refractivity contribution in [3.8, 4) is 0 Å². The molecule has 2 aromatic rings. The molecule has 2 aliphatic heterocycles. The fraction of sp³-hybridized carbons (Fsp3) is 0.385. The molecule has 32 heavy (non-hydrogen) atoms. The van der Waals surface area contributed by atoms with Crippen LogP contribution in [0.4, 0.5) is 11.4 Å². The zero-order chi connectivity index (χ0) is 22.2. The van der Waals surface area contributed by atoms with Crippen LogP contribution in [-0.4, -0.2) is 28.6 Å². The number of fused-ring (bicyclic) bond motifs is 1. The molecule has 2 fully saturated rings. The van der Waals surface area contributed by atoms with E-state index in [1.807, 2.05) is 4.90 Å². The van der Waals surface area contributed by atoms with Crippen molar-refractivity contribution in [3.05, 3.63) is 63.5 Å². The number of thioether (sulfide) groups is 2. The molecule has 1 saturated heterocycles. The molecule has 0 radical (unpaired) electrons. The maximum absolute atomic E-state index is 13.9. The lowest BCUT2D eigenvalue weighted by molar-refractivity contribution is -0.124. The highest BCUT2D eigenvalue weighted by atomic mass is 32.2. The van der Waals surface area contributed by atoms with Gasteiger partial charge < -0.3 is 4.90 Å². The largest absolute Gasteiger partial charge is 0.334 e. The van der Waals surface area contributed by atoms with Crippen LogP contribution in [0.15, 0.2) is 62.3 Å². The molecule has 2 heterocycles. The van der Waals surface area contributed by atoms with Crippen molar-refractivity contribution in [2.45, 2.75) is 63.8 Å². The Morgan fingerprint density at radius 2 is 1.81 bits per heavy atom. The summed E-state index contributed by atoms with van der Waals surface area (Å²) in [7, 11) is 0.